The lowest BCUT2D eigenvalue weighted by Gasteiger charge is -2.40. The van der Waals surface area contributed by atoms with Crippen molar-refractivity contribution < 1.29 is 4.58 Å². The van der Waals surface area contributed by atoms with E-state index < -0.39 is 0 Å². The van der Waals surface area contributed by atoms with Crippen LogP contribution in [0, 0.1) is 0 Å². The largest absolute Gasteiger partial charge is 0.410 e. The second kappa shape index (κ2) is 12.3. The molecule has 0 saturated carbocycles. The molecule has 13 heteroatoms. The molecule has 0 aromatic rings. The highest BCUT2D eigenvalue weighted by atomic mass is 33.2. The predicted octanol–water partition coefficient (Wildman–Crippen LogP) is 6.96. The summed E-state index contributed by atoms with van der Waals surface area (Å²) in [7, 11) is 21.3. The second-order valence-corrected chi connectivity index (χ2v) is 46.1. The van der Waals surface area contributed by atoms with E-state index in [2.05, 4.69) is 78.1 Å². The van der Waals surface area contributed by atoms with Gasteiger partial charge in [-0.05, 0) is 27.9 Å². The molecule has 102 valence electrons. The molecule has 1 nitrogen and oxygen atoms in total. The van der Waals surface area contributed by atoms with E-state index in [9.17, 15) is 0 Å². The van der Waals surface area contributed by atoms with Gasteiger partial charge in [-0.25, -0.2) is 0 Å². The highest BCUT2D eigenvalue weighted by molar-refractivity contribution is 9.19. The molecular weight excluding hydrogens is 434 g/mol. The van der Waals surface area contributed by atoms with Crippen molar-refractivity contribution in [3.63, 3.8) is 0 Å². The zero-order valence-corrected chi connectivity index (χ0v) is 22.3. The van der Waals surface area contributed by atoms with Crippen LogP contribution in [0.1, 0.15) is 6.92 Å². The molecule has 0 aliphatic heterocycles. The Labute approximate surface area is 127 Å². The maximum atomic E-state index is 3.79. The molecule has 0 fully saturated rings. The van der Waals surface area contributed by atoms with E-state index in [1.54, 1.807) is 0 Å². The van der Waals surface area contributed by atoms with E-state index in [1.165, 1.54) is 0 Å². The SMILES string of the molecule is CC[N+](C)=[C-]P(P(P)PP)P(P(P)P)P(P)P. The zero-order valence-electron chi connectivity index (χ0n) is 9.85. The first-order valence-electron chi connectivity index (χ1n) is 4.52. The van der Waals surface area contributed by atoms with Crippen LogP contribution in [0.5, 0.6) is 0 Å². The summed E-state index contributed by atoms with van der Waals surface area (Å²) in [6.45, 7) is 3.39. The molecule has 0 spiro atoms. The Morgan fingerprint density at radius 3 is 1.88 bits per heavy atom. The van der Waals surface area contributed by atoms with Crippen LogP contribution in [-0.2, 0) is 0 Å². The lowest BCUT2D eigenvalue weighted by Crippen LogP contribution is -2.03. The van der Waals surface area contributed by atoms with Gasteiger partial charge in [-0.15, -0.1) is 60.9 Å². The first-order chi connectivity index (χ1) is 7.84. The first-order valence-corrected chi connectivity index (χ1v) is 25.8. The standard InChI is InChI=1S/C4H21NP12/c1-3-5(2)4-13(16(11)12-6)17(14(7)8)15(9)10/h12H,3,6-11H2,1-2H3. The molecule has 0 rings (SSSR count). The fourth-order valence-electron chi connectivity index (χ4n) is 0.767. The highest BCUT2D eigenvalue weighted by Crippen LogP contribution is 3.14. The van der Waals surface area contributed by atoms with Gasteiger partial charge in [0.25, 0.3) is 0 Å². The number of nitrogens with zero attached hydrogens (tertiary/aromatic N) is 1. The summed E-state index contributed by atoms with van der Waals surface area (Å²) in [5.41, 5.74) is 0. The van der Waals surface area contributed by atoms with Crippen LogP contribution >= 0.6 is 96.8 Å². The van der Waals surface area contributed by atoms with Crippen LogP contribution in [-0.4, -0.2) is 24.1 Å². The summed E-state index contributed by atoms with van der Waals surface area (Å²) in [6.07, 6.45) is 0. The summed E-state index contributed by atoms with van der Waals surface area (Å²) in [5, 5.41) is 0. The Bertz CT molecular complexity index is 233. The van der Waals surface area contributed by atoms with Crippen LogP contribution in [0.4, 0.5) is 0 Å². The normalized spacial score (nSPS) is 17.7. The quantitative estimate of drug-likeness (QED) is 0.169. The van der Waals surface area contributed by atoms with E-state index in [0.29, 0.717) is 0 Å². The van der Waals surface area contributed by atoms with Crippen molar-refractivity contribution in [2.24, 2.45) is 0 Å². The topological polar surface area (TPSA) is 3.01 Å². The van der Waals surface area contributed by atoms with Gasteiger partial charge in [0.15, 0.2) is 0 Å². The minimum absolute atomic E-state index is 0.00649. The van der Waals surface area contributed by atoms with Gasteiger partial charge < -0.3 is 4.58 Å². The average Bonchev–Trinajstić information content (AvgIpc) is 2.25. The van der Waals surface area contributed by atoms with Crippen LogP contribution in [0.15, 0.2) is 0 Å². The molecule has 0 aromatic carbocycles. The Morgan fingerprint density at radius 2 is 1.59 bits per heavy atom. The van der Waals surface area contributed by atoms with Crippen molar-refractivity contribution in [3.05, 3.63) is 0 Å². The molecule has 0 aromatic heterocycles. The predicted molar refractivity (Wildman–Crippen MR) is 123 cm³/mol. The second-order valence-electron chi connectivity index (χ2n) is 2.91. The molecule has 17 heavy (non-hydrogen) atoms. The lowest BCUT2D eigenvalue weighted by molar-refractivity contribution is -0.486. The van der Waals surface area contributed by atoms with Gasteiger partial charge in [-0.2, -0.15) is 5.96 Å². The zero-order chi connectivity index (χ0) is 13.6. The Kier molecular flexibility index (Phi) is 15.8. The molecule has 0 aliphatic rings. The Morgan fingerprint density at radius 1 is 1.12 bits per heavy atom. The van der Waals surface area contributed by atoms with Crippen molar-refractivity contribution in [1.82, 2.24) is 0 Å². The smallest absolute Gasteiger partial charge is 0.108 e. The van der Waals surface area contributed by atoms with Crippen molar-refractivity contribution in [3.8, 4) is 0 Å². The summed E-state index contributed by atoms with van der Waals surface area (Å²) in [6, 6.07) is 0. The van der Waals surface area contributed by atoms with Crippen LogP contribution < -0.4 is 0 Å². The fourth-order valence-corrected chi connectivity index (χ4v) is 93.3. The number of rotatable bonds is 7. The third-order valence-corrected chi connectivity index (χ3v) is 65.6. The lowest BCUT2D eigenvalue weighted by atomic mass is 10.7. The van der Waals surface area contributed by atoms with E-state index in [-0.39, 0.29) is 35.2 Å². The molecule has 9 atom stereocenters. The summed E-state index contributed by atoms with van der Waals surface area (Å²) >= 11 is 0. The van der Waals surface area contributed by atoms with Crippen LogP contribution in [0.25, 0.3) is 0 Å². The van der Waals surface area contributed by atoms with Crippen molar-refractivity contribution in [2.75, 3.05) is 13.6 Å². The molecule has 0 radical (unpaired) electrons. The van der Waals surface area contributed by atoms with Gasteiger partial charge in [0.2, 0.25) is 0 Å². The number of hydrogen-bond donors (Lipinski definition) is 0. The molecular formula is C4H21NP12. The summed E-state index contributed by atoms with van der Waals surface area (Å²) in [5.74, 6) is 3.79. The number of hydrogen-bond acceptors (Lipinski definition) is 0. The minimum Gasteiger partial charge on any atom is -0.410 e. The fraction of sp³-hybridized carbons (Fsp3) is 0.750. The van der Waals surface area contributed by atoms with E-state index in [4.69, 9.17) is 0 Å². The molecule has 0 saturated heterocycles. The van der Waals surface area contributed by atoms with Gasteiger partial charge in [-0.3, -0.25) is 0 Å². The van der Waals surface area contributed by atoms with E-state index in [1.807, 2.05) is 0 Å². The molecule has 0 amide bonds. The van der Waals surface area contributed by atoms with Crippen LogP contribution in [0.2, 0.25) is 0 Å². The van der Waals surface area contributed by atoms with Crippen LogP contribution in [0.3, 0.4) is 0 Å². The van der Waals surface area contributed by atoms with Gasteiger partial charge in [-0.1, -0.05) is 14.9 Å². The Hall–Kier alpha value is 4.83. The van der Waals surface area contributed by atoms with E-state index in [0.717, 1.165) is 14.5 Å². The third-order valence-electron chi connectivity index (χ3n) is 1.65. The van der Waals surface area contributed by atoms with Crippen molar-refractivity contribution >= 4 is 103 Å². The van der Waals surface area contributed by atoms with Gasteiger partial charge in [0.1, 0.15) is 13.6 Å². The molecule has 9 unspecified atom stereocenters. The van der Waals surface area contributed by atoms with Gasteiger partial charge in [0.05, 0.1) is 0 Å². The third kappa shape index (κ3) is 8.89. The first kappa shape index (κ1) is 21.8. The minimum atomic E-state index is -0.0752. The monoisotopic (exact) mass is 455 g/mol. The van der Waals surface area contributed by atoms with Crippen molar-refractivity contribution in [1.29, 1.82) is 0 Å². The van der Waals surface area contributed by atoms with Gasteiger partial charge >= 0.3 is 0 Å². The molecule has 0 bridgehead atoms. The summed E-state index contributed by atoms with van der Waals surface area (Å²) in [4.78, 5) is 0. The van der Waals surface area contributed by atoms with Crippen molar-refractivity contribution in [2.45, 2.75) is 6.92 Å². The average molecular weight is 455 g/mol. The molecule has 0 aliphatic carbocycles. The molecule has 0 N–H and O–H groups in total. The molecule has 0 heterocycles. The van der Waals surface area contributed by atoms with Gasteiger partial charge in [0, 0.05) is 0 Å². The summed E-state index contributed by atoms with van der Waals surface area (Å²) < 4.78 is 2.26. The van der Waals surface area contributed by atoms with E-state index >= 15 is 0 Å². The Balaban J connectivity index is 5.13. The maximum absolute atomic E-state index is 3.79. The highest BCUT2D eigenvalue weighted by Gasteiger charge is 2.25. The maximum Gasteiger partial charge on any atom is 0.108 e.